The summed E-state index contributed by atoms with van der Waals surface area (Å²) in [6, 6.07) is 30.0. The van der Waals surface area contributed by atoms with E-state index in [1.165, 1.54) is 0 Å². The van der Waals surface area contributed by atoms with Gasteiger partial charge in [-0.3, -0.25) is 0 Å². The molecule has 7 nitrogen and oxygen atoms in total. The van der Waals surface area contributed by atoms with Crippen molar-refractivity contribution >= 4 is 17.8 Å². The molecule has 0 radical (unpaired) electrons. The largest absolute Gasteiger partial charge is 0.392 e. The second-order valence-corrected chi connectivity index (χ2v) is 11.3. The minimum Gasteiger partial charge on any atom is -0.392 e. The molecule has 2 heterocycles. The van der Waals surface area contributed by atoms with Gasteiger partial charge in [-0.15, -0.1) is 11.8 Å². The Morgan fingerprint density at radius 2 is 1.64 bits per heavy atom. The molecule has 1 saturated heterocycles. The lowest BCUT2D eigenvalue weighted by molar-refractivity contribution is -0.268. The van der Waals surface area contributed by atoms with Crippen LogP contribution in [0.4, 0.5) is 4.79 Å². The number of amides is 2. The van der Waals surface area contributed by atoms with Crippen LogP contribution in [-0.4, -0.2) is 34.5 Å². The molecule has 2 amide bonds. The highest BCUT2D eigenvalue weighted by Gasteiger charge is 2.38. The van der Waals surface area contributed by atoms with Crippen molar-refractivity contribution in [2.24, 2.45) is 5.92 Å². The van der Waals surface area contributed by atoms with Crippen molar-refractivity contribution in [1.82, 2.24) is 15.6 Å². The normalized spacial score (nSPS) is 20.2. The number of carbonyl (C=O) groups is 1. The molecule has 8 heteroatoms. The van der Waals surface area contributed by atoms with Crippen LogP contribution in [0, 0.1) is 5.92 Å². The van der Waals surface area contributed by atoms with Crippen LogP contribution in [0.15, 0.2) is 102 Å². The molecular formula is C34H37N3O4S. The number of benzene rings is 3. The molecule has 218 valence electrons. The Hall–Kier alpha value is -3.69. The number of hydrogen-bond donors (Lipinski definition) is 3. The van der Waals surface area contributed by atoms with E-state index in [9.17, 15) is 9.90 Å². The summed E-state index contributed by atoms with van der Waals surface area (Å²) in [6.45, 7) is 5.08. The number of rotatable bonds is 10. The summed E-state index contributed by atoms with van der Waals surface area (Å²) < 4.78 is 13.2. The summed E-state index contributed by atoms with van der Waals surface area (Å²) in [4.78, 5) is 16.4. The number of thioether (sulfide) groups is 1. The lowest BCUT2D eigenvalue weighted by atomic mass is 9.91. The molecule has 5 rings (SSSR count). The molecule has 0 spiro atoms. The number of aliphatic hydroxyl groups excluding tert-OH is 1. The number of ether oxygens (including phenoxy) is 2. The van der Waals surface area contributed by atoms with E-state index in [0.29, 0.717) is 13.1 Å². The van der Waals surface area contributed by atoms with Gasteiger partial charge in [0.15, 0.2) is 6.29 Å². The molecule has 4 atom stereocenters. The molecule has 0 bridgehead atoms. The molecule has 3 aromatic carbocycles. The third kappa shape index (κ3) is 7.38. The summed E-state index contributed by atoms with van der Waals surface area (Å²) in [5.41, 5.74) is 6.02. The highest BCUT2D eigenvalue weighted by Crippen LogP contribution is 2.43. The molecule has 0 unspecified atom stereocenters. The average Bonchev–Trinajstić information content (AvgIpc) is 3.04. The van der Waals surface area contributed by atoms with Crippen LogP contribution in [0.5, 0.6) is 0 Å². The van der Waals surface area contributed by atoms with Gasteiger partial charge in [-0.05, 0) is 46.9 Å². The molecule has 42 heavy (non-hydrogen) atoms. The second kappa shape index (κ2) is 14.5. The summed E-state index contributed by atoms with van der Waals surface area (Å²) in [6.07, 6.45) is 1.02. The first kappa shape index (κ1) is 29.8. The maximum Gasteiger partial charge on any atom is 0.315 e. The Labute approximate surface area is 251 Å². The van der Waals surface area contributed by atoms with Gasteiger partial charge in [-0.25, -0.2) is 9.78 Å². The molecule has 0 saturated carbocycles. The molecule has 1 fully saturated rings. The summed E-state index contributed by atoms with van der Waals surface area (Å²) in [7, 11) is 0. The Kier molecular flexibility index (Phi) is 10.3. The number of aromatic nitrogens is 1. The third-order valence-electron chi connectivity index (χ3n) is 7.44. The van der Waals surface area contributed by atoms with E-state index in [4.69, 9.17) is 9.47 Å². The highest BCUT2D eigenvalue weighted by atomic mass is 32.2. The fourth-order valence-corrected chi connectivity index (χ4v) is 6.11. The van der Waals surface area contributed by atoms with Gasteiger partial charge in [-0.1, -0.05) is 85.8 Å². The SMILES string of the molecule is CCNC(=O)NCc1ccccc1-c1ccc([C@@H]2O[C@H](CSc3ccccn3)[C@H](C)[C@H](c3ccc(CO)cc3)O2)cc1. The van der Waals surface area contributed by atoms with E-state index in [-0.39, 0.29) is 30.8 Å². The van der Waals surface area contributed by atoms with Crippen LogP contribution in [0.3, 0.4) is 0 Å². The highest BCUT2D eigenvalue weighted by molar-refractivity contribution is 7.99. The number of nitrogens with one attached hydrogen (secondary N) is 2. The number of urea groups is 1. The fourth-order valence-electron chi connectivity index (χ4n) is 5.08. The average molecular weight is 584 g/mol. The summed E-state index contributed by atoms with van der Waals surface area (Å²) >= 11 is 1.68. The van der Waals surface area contributed by atoms with Gasteiger partial charge in [0.2, 0.25) is 0 Å². The lowest BCUT2D eigenvalue weighted by Gasteiger charge is -2.41. The lowest BCUT2D eigenvalue weighted by Crippen LogP contribution is -2.38. The number of nitrogens with zero attached hydrogens (tertiary/aromatic N) is 1. The molecule has 1 aliphatic heterocycles. The van der Waals surface area contributed by atoms with Gasteiger partial charge in [0, 0.05) is 36.5 Å². The monoisotopic (exact) mass is 583 g/mol. The zero-order chi connectivity index (χ0) is 29.3. The molecule has 0 aliphatic carbocycles. The van der Waals surface area contributed by atoms with Crippen molar-refractivity contribution in [2.45, 2.75) is 50.5 Å². The summed E-state index contributed by atoms with van der Waals surface area (Å²) in [5.74, 6) is 0.842. The van der Waals surface area contributed by atoms with Crippen LogP contribution in [0.2, 0.25) is 0 Å². The van der Waals surface area contributed by atoms with Crippen molar-refractivity contribution in [2.75, 3.05) is 12.3 Å². The van der Waals surface area contributed by atoms with E-state index in [1.54, 1.807) is 18.0 Å². The first-order valence-corrected chi connectivity index (χ1v) is 15.3. The number of carbonyl (C=O) groups excluding carboxylic acids is 1. The van der Waals surface area contributed by atoms with Crippen LogP contribution < -0.4 is 10.6 Å². The standard InChI is InChI=1S/C34H37N3O4S/c1-3-35-34(39)37-20-28-8-4-5-9-29(28)25-15-17-27(18-16-25)33-40-30(22-42-31-10-6-7-19-36-31)23(2)32(41-33)26-13-11-24(21-38)12-14-26/h4-19,23,30,32-33,38H,3,20-22H2,1-2H3,(H2,35,37,39)/t23-,30+,32+,33+/m0/s1. The van der Waals surface area contributed by atoms with E-state index in [1.807, 2.05) is 67.6 Å². The molecule has 1 aliphatic rings. The predicted molar refractivity (Wildman–Crippen MR) is 166 cm³/mol. The van der Waals surface area contributed by atoms with Gasteiger partial charge in [0.25, 0.3) is 0 Å². The molecular weight excluding hydrogens is 546 g/mol. The van der Waals surface area contributed by atoms with Gasteiger partial charge in [0.1, 0.15) is 0 Å². The topological polar surface area (TPSA) is 92.7 Å². The minimum atomic E-state index is -0.540. The van der Waals surface area contributed by atoms with E-state index < -0.39 is 6.29 Å². The smallest absolute Gasteiger partial charge is 0.315 e. The van der Waals surface area contributed by atoms with Crippen molar-refractivity contribution < 1.29 is 19.4 Å². The molecule has 1 aromatic heterocycles. The quantitative estimate of drug-likeness (QED) is 0.181. The maximum atomic E-state index is 12.0. The molecule has 3 N–H and O–H groups in total. The Bertz CT molecular complexity index is 1430. The third-order valence-corrected chi connectivity index (χ3v) is 8.48. The second-order valence-electron chi connectivity index (χ2n) is 10.3. The van der Waals surface area contributed by atoms with Crippen molar-refractivity contribution in [3.05, 3.63) is 119 Å². The minimum absolute atomic E-state index is 0.00785. The van der Waals surface area contributed by atoms with Crippen LogP contribution in [-0.2, 0) is 22.6 Å². The van der Waals surface area contributed by atoms with Crippen LogP contribution in [0.1, 0.15) is 48.5 Å². The first-order chi connectivity index (χ1) is 20.6. The zero-order valence-corrected chi connectivity index (χ0v) is 24.7. The number of aliphatic hydroxyl groups is 1. The fraction of sp³-hybridized carbons (Fsp3) is 0.294. The van der Waals surface area contributed by atoms with Crippen molar-refractivity contribution in [3.63, 3.8) is 0 Å². The van der Waals surface area contributed by atoms with Gasteiger partial charge < -0.3 is 25.2 Å². The van der Waals surface area contributed by atoms with E-state index >= 15 is 0 Å². The molecule has 4 aromatic rings. The number of hydrogen-bond acceptors (Lipinski definition) is 6. The maximum absolute atomic E-state index is 12.0. The first-order valence-electron chi connectivity index (χ1n) is 14.3. The van der Waals surface area contributed by atoms with Crippen LogP contribution >= 0.6 is 11.8 Å². The van der Waals surface area contributed by atoms with E-state index in [2.05, 4.69) is 52.9 Å². The Morgan fingerprint density at radius 3 is 2.36 bits per heavy atom. The van der Waals surface area contributed by atoms with Crippen molar-refractivity contribution in [3.8, 4) is 11.1 Å². The Balaban J connectivity index is 1.36. The van der Waals surface area contributed by atoms with E-state index in [0.717, 1.165) is 44.2 Å². The van der Waals surface area contributed by atoms with Gasteiger partial charge in [-0.2, -0.15) is 0 Å². The van der Waals surface area contributed by atoms with Crippen molar-refractivity contribution in [1.29, 1.82) is 0 Å². The predicted octanol–water partition coefficient (Wildman–Crippen LogP) is 6.64. The summed E-state index contributed by atoms with van der Waals surface area (Å²) in [5, 5.41) is 16.2. The van der Waals surface area contributed by atoms with Crippen LogP contribution in [0.25, 0.3) is 11.1 Å². The zero-order valence-electron chi connectivity index (χ0n) is 23.9. The number of pyridine rings is 1. The van der Waals surface area contributed by atoms with Gasteiger partial charge >= 0.3 is 6.03 Å². The van der Waals surface area contributed by atoms with Gasteiger partial charge in [0.05, 0.1) is 23.8 Å². The Morgan fingerprint density at radius 1 is 0.905 bits per heavy atom.